The van der Waals surface area contributed by atoms with Gasteiger partial charge in [0, 0.05) is 6.42 Å². The molecule has 0 aromatic rings. The normalized spacial score (nSPS) is 24.8. The Morgan fingerprint density at radius 3 is 1.36 bits per heavy atom. The molecule has 2 heterocycles. The second-order valence-corrected chi connectivity index (χ2v) is 22.1. The second kappa shape index (κ2) is 51.3. The van der Waals surface area contributed by atoms with Gasteiger partial charge in [0.05, 0.1) is 32.0 Å². The first kappa shape index (κ1) is 74.0. The molecule has 14 heteroatoms. The molecule has 12 atom stereocenters. The molecule has 2 rings (SSSR count). The fourth-order valence-electron chi connectivity index (χ4n) is 9.88. The van der Waals surface area contributed by atoms with E-state index in [0.29, 0.717) is 12.8 Å². The van der Waals surface area contributed by atoms with E-state index in [9.17, 15) is 45.6 Å². The van der Waals surface area contributed by atoms with Gasteiger partial charge in [-0.05, 0) is 89.9 Å². The lowest BCUT2D eigenvalue weighted by atomic mass is 9.97. The van der Waals surface area contributed by atoms with Crippen LogP contribution in [-0.4, -0.2) is 140 Å². The lowest BCUT2D eigenvalue weighted by Gasteiger charge is -2.46. The zero-order chi connectivity index (χ0) is 58.8. The van der Waals surface area contributed by atoms with Crippen molar-refractivity contribution in [3.05, 3.63) is 97.2 Å². The van der Waals surface area contributed by atoms with Crippen molar-refractivity contribution in [2.24, 2.45) is 0 Å². The third kappa shape index (κ3) is 36.4. The molecular weight excluding hydrogens is 1030 g/mol. The summed E-state index contributed by atoms with van der Waals surface area (Å²) in [6, 6.07) is -0.943. The average molecular weight is 1140 g/mol. The highest BCUT2D eigenvalue weighted by atomic mass is 16.7. The van der Waals surface area contributed by atoms with E-state index in [2.05, 4.69) is 104 Å². The van der Waals surface area contributed by atoms with Crippen LogP contribution in [0.1, 0.15) is 226 Å². The smallest absolute Gasteiger partial charge is 0.220 e. The van der Waals surface area contributed by atoms with Crippen LogP contribution in [0.25, 0.3) is 0 Å². The Labute approximate surface area is 490 Å². The van der Waals surface area contributed by atoms with E-state index >= 15 is 0 Å². The number of ether oxygens (including phenoxy) is 4. The average Bonchev–Trinajstić information content (AvgIpc) is 3.47. The van der Waals surface area contributed by atoms with Gasteiger partial charge in [0.15, 0.2) is 12.6 Å². The van der Waals surface area contributed by atoms with Crippen molar-refractivity contribution < 1.29 is 64.6 Å². The van der Waals surface area contributed by atoms with E-state index in [1.54, 1.807) is 6.08 Å². The first-order chi connectivity index (χ1) is 39.6. The number of carbonyl (C=O) groups is 1. The summed E-state index contributed by atoms with van der Waals surface area (Å²) in [5, 5.41) is 87.1. The molecule has 2 aliphatic heterocycles. The van der Waals surface area contributed by atoms with Crippen LogP contribution < -0.4 is 5.32 Å². The molecule has 0 aliphatic carbocycles. The highest BCUT2D eigenvalue weighted by Gasteiger charge is 2.51. The molecule has 81 heavy (non-hydrogen) atoms. The predicted octanol–water partition coefficient (Wildman–Crippen LogP) is 11.8. The Hall–Kier alpha value is -3.09. The van der Waals surface area contributed by atoms with Gasteiger partial charge in [0.2, 0.25) is 5.91 Å². The van der Waals surface area contributed by atoms with Gasteiger partial charge < -0.3 is 65.1 Å². The Kier molecular flexibility index (Phi) is 46.9. The van der Waals surface area contributed by atoms with E-state index in [4.69, 9.17) is 18.9 Å². The molecule has 0 bridgehead atoms. The van der Waals surface area contributed by atoms with Gasteiger partial charge in [-0.3, -0.25) is 4.79 Å². The van der Waals surface area contributed by atoms with Gasteiger partial charge in [-0.1, -0.05) is 227 Å². The maximum absolute atomic E-state index is 13.3. The Morgan fingerprint density at radius 1 is 0.457 bits per heavy atom. The number of carbonyl (C=O) groups excluding carboxylic acids is 1. The van der Waals surface area contributed by atoms with Crippen molar-refractivity contribution in [1.29, 1.82) is 0 Å². The molecule has 12 unspecified atom stereocenters. The Bertz CT molecular complexity index is 1730. The molecule has 0 radical (unpaired) electrons. The summed E-state index contributed by atoms with van der Waals surface area (Å²) in [5.41, 5.74) is 0. The number of aliphatic hydroxyl groups is 8. The summed E-state index contributed by atoms with van der Waals surface area (Å²) >= 11 is 0. The Balaban J connectivity index is 1.69. The van der Waals surface area contributed by atoms with E-state index in [0.717, 1.165) is 77.0 Å². The van der Waals surface area contributed by atoms with Gasteiger partial charge >= 0.3 is 0 Å². The summed E-state index contributed by atoms with van der Waals surface area (Å²) in [4.78, 5) is 13.3. The van der Waals surface area contributed by atoms with Crippen LogP contribution in [0.5, 0.6) is 0 Å². The topological polar surface area (TPSA) is 228 Å². The van der Waals surface area contributed by atoms with Crippen molar-refractivity contribution in [3.63, 3.8) is 0 Å². The van der Waals surface area contributed by atoms with Crippen molar-refractivity contribution in [2.45, 2.75) is 299 Å². The van der Waals surface area contributed by atoms with E-state index in [1.165, 1.54) is 116 Å². The summed E-state index contributed by atoms with van der Waals surface area (Å²) in [6.07, 6.45) is 54.5. The first-order valence-corrected chi connectivity index (χ1v) is 32.0. The summed E-state index contributed by atoms with van der Waals surface area (Å²) in [5.74, 6) is -0.257. The summed E-state index contributed by atoms with van der Waals surface area (Å²) in [7, 11) is 0. The van der Waals surface area contributed by atoms with Gasteiger partial charge in [0.25, 0.3) is 0 Å². The van der Waals surface area contributed by atoms with Crippen LogP contribution in [0.3, 0.4) is 0 Å². The van der Waals surface area contributed by atoms with E-state index in [1.807, 2.05) is 6.08 Å². The number of rotatable bonds is 50. The molecule has 2 fully saturated rings. The minimum atomic E-state index is -1.80. The quantitative estimate of drug-likeness (QED) is 0.0204. The molecule has 466 valence electrons. The van der Waals surface area contributed by atoms with Gasteiger partial charge in [-0.25, -0.2) is 0 Å². The predicted molar refractivity (Wildman–Crippen MR) is 327 cm³/mol. The molecule has 14 nitrogen and oxygen atoms in total. The highest BCUT2D eigenvalue weighted by molar-refractivity contribution is 5.76. The number of unbranched alkanes of at least 4 members (excludes halogenated alkanes) is 23. The van der Waals surface area contributed by atoms with Crippen LogP contribution in [0.2, 0.25) is 0 Å². The lowest BCUT2D eigenvalue weighted by molar-refractivity contribution is -0.359. The Morgan fingerprint density at radius 2 is 0.864 bits per heavy atom. The fraction of sp³-hybridized carbons (Fsp3) is 0.746. The second-order valence-electron chi connectivity index (χ2n) is 22.1. The minimum Gasteiger partial charge on any atom is -0.394 e. The van der Waals surface area contributed by atoms with Crippen LogP contribution in [-0.2, 0) is 23.7 Å². The SMILES string of the molecule is CC/C=C\C/C=C\C/C=C\C/C=C\C/C=C\CCCCCCCCCCCCCCCCCC(=O)NC(COC1OC(CO)C(OC2OC(CO)C(O)C(O)C2O)C(O)C1O)C(O)/C=C/CC/C=C/CC/C=C/CCCCCCCC. The largest absolute Gasteiger partial charge is 0.394 e. The number of allylic oxidation sites excluding steroid dienone is 15. The van der Waals surface area contributed by atoms with Crippen LogP contribution in [0, 0.1) is 0 Å². The number of nitrogens with one attached hydrogen (secondary N) is 1. The molecule has 1 amide bonds. The maximum Gasteiger partial charge on any atom is 0.220 e. The number of hydrogen-bond donors (Lipinski definition) is 9. The molecular formula is C67H115NO13. The van der Waals surface area contributed by atoms with Gasteiger partial charge in [-0.15, -0.1) is 0 Å². The van der Waals surface area contributed by atoms with Gasteiger partial charge in [-0.2, -0.15) is 0 Å². The third-order valence-corrected chi connectivity index (χ3v) is 15.0. The van der Waals surface area contributed by atoms with Crippen molar-refractivity contribution >= 4 is 5.91 Å². The third-order valence-electron chi connectivity index (χ3n) is 15.0. The highest BCUT2D eigenvalue weighted by Crippen LogP contribution is 2.30. The van der Waals surface area contributed by atoms with E-state index in [-0.39, 0.29) is 18.9 Å². The number of hydrogen-bond acceptors (Lipinski definition) is 13. The fourth-order valence-corrected chi connectivity index (χ4v) is 9.88. The molecule has 0 spiro atoms. The maximum atomic E-state index is 13.3. The molecule has 0 saturated carbocycles. The summed E-state index contributed by atoms with van der Waals surface area (Å²) in [6.45, 7) is 2.64. The number of aliphatic hydroxyl groups excluding tert-OH is 8. The van der Waals surface area contributed by atoms with Crippen LogP contribution >= 0.6 is 0 Å². The number of amides is 1. The molecule has 0 aromatic carbocycles. The van der Waals surface area contributed by atoms with Crippen molar-refractivity contribution in [3.8, 4) is 0 Å². The zero-order valence-electron chi connectivity index (χ0n) is 50.2. The minimum absolute atomic E-state index is 0.257. The monoisotopic (exact) mass is 1140 g/mol. The van der Waals surface area contributed by atoms with Crippen molar-refractivity contribution in [1.82, 2.24) is 5.32 Å². The van der Waals surface area contributed by atoms with Crippen LogP contribution in [0.4, 0.5) is 0 Å². The summed E-state index contributed by atoms with van der Waals surface area (Å²) < 4.78 is 22.8. The lowest BCUT2D eigenvalue weighted by Crippen LogP contribution is -2.65. The first-order valence-electron chi connectivity index (χ1n) is 32.0. The molecule has 2 saturated heterocycles. The van der Waals surface area contributed by atoms with Gasteiger partial charge in [0.1, 0.15) is 48.8 Å². The molecule has 0 aromatic heterocycles. The van der Waals surface area contributed by atoms with E-state index < -0.39 is 86.8 Å². The molecule has 9 N–H and O–H groups in total. The van der Waals surface area contributed by atoms with Crippen molar-refractivity contribution in [2.75, 3.05) is 19.8 Å². The standard InChI is InChI=1S/C67H115NO13/c1-3-5-7-9-11-13-15-17-19-21-22-23-24-25-26-27-28-29-30-31-32-33-34-35-37-39-41-43-45-47-49-51-59(72)68-55(56(71)50-48-46-44-42-40-38-36-20-18-16-14-12-10-8-6-4-2)54-78-66-64(77)62(75)65(58(53-70)80-66)81-67-63(76)61(74)60(73)57(52-69)79-67/h5,7,11,13,17-20,22-23,25-26,40,42,48,50,55-58,60-67,69-71,73-77H,3-4,6,8-10,12,14-16,21,24,27-39,41,43-47,49,51-54H2,1-2H3,(H,68,72)/b7-5-,13-11-,19-17-,20-18+,23-22-,26-25-,42-40+,50-48+. The molecule has 2 aliphatic rings. The zero-order valence-corrected chi connectivity index (χ0v) is 50.2. The van der Waals surface area contributed by atoms with Crippen LogP contribution in [0.15, 0.2) is 97.2 Å².